The number of furan rings is 1. The number of aromatic nitrogens is 3. The second-order valence-electron chi connectivity index (χ2n) is 13.9. The molecule has 3 heterocycles. The van der Waals surface area contributed by atoms with Gasteiger partial charge >= 0.3 is 0 Å². The molecular weight excluding hydrogens is 717 g/mol. The highest BCUT2D eigenvalue weighted by Crippen LogP contribution is 2.39. The third-order valence-corrected chi connectivity index (χ3v) is 11.6. The molecule has 6 heteroatoms. The Morgan fingerprint density at radius 2 is 1.14 bits per heavy atom. The summed E-state index contributed by atoms with van der Waals surface area (Å²) in [6.45, 7) is 6.72. The van der Waals surface area contributed by atoms with Crippen molar-refractivity contribution in [1.82, 2.24) is 15.0 Å². The Labute approximate surface area is 334 Å². The van der Waals surface area contributed by atoms with Gasteiger partial charge in [0.2, 0.25) is 0 Å². The van der Waals surface area contributed by atoms with E-state index in [-0.39, 0.29) is 0 Å². The summed E-state index contributed by atoms with van der Waals surface area (Å²) in [6.07, 6.45) is 0. The van der Waals surface area contributed by atoms with Gasteiger partial charge in [-0.2, -0.15) is 0 Å². The van der Waals surface area contributed by atoms with Gasteiger partial charge in [-0.25, -0.2) is 19.9 Å². The van der Waals surface area contributed by atoms with Gasteiger partial charge in [-0.15, -0.1) is 11.3 Å². The first-order chi connectivity index (χ1) is 28.1. The van der Waals surface area contributed by atoms with E-state index in [9.17, 15) is 0 Å². The van der Waals surface area contributed by atoms with E-state index in [0.29, 0.717) is 23.2 Å². The number of aliphatic imine (C=N–C) groups is 1. The summed E-state index contributed by atoms with van der Waals surface area (Å²) in [5, 5.41) is 3.14. The van der Waals surface area contributed by atoms with E-state index in [1.54, 1.807) is 11.3 Å². The van der Waals surface area contributed by atoms with Crippen molar-refractivity contribution in [1.29, 1.82) is 0 Å². The number of rotatable bonds is 8. The van der Waals surface area contributed by atoms with E-state index < -0.39 is 0 Å². The fraction of sp³-hybridized carbons (Fsp3) is 0.0196. The average molecular weight is 751 g/mol. The maximum atomic E-state index is 6.57. The van der Waals surface area contributed by atoms with Crippen LogP contribution in [-0.4, -0.2) is 20.7 Å². The lowest BCUT2D eigenvalue weighted by molar-refractivity contribution is 0.669. The van der Waals surface area contributed by atoms with Crippen molar-refractivity contribution in [2.75, 3.05) is 0 Å². The lowest BCUT2D eigenvalue weighted by Crippen LogP contribution is -2.04. The number of nitrogens with zero attached hydrogens (tertiary/aromatic N) is 4. The Hall–Kier alpha value is -7.28. The molecule has 270 valence electrons. The van der Waals surface area contributed by atoms with Crippen LogP contribution in [0.1, 0.15) is 21.6 Å². The van der Waals surface area contributed by atoms with Crippen LogP contribution in [0.15, 0.2) is 192 Å². The zero-order valence-electron chi connectivity index (χ0n) is 31.1. The second kappa shape index (κ2) is 14.4. The Bertz CT molecular complexity index is 3090. The van der Waals surface area contributed by atoms with Gasteiger partial charge in [0, 0.05) is 43.3 Å². The molecule has 0 atom stereocenters. The van der Waals surface area contributed by atoms with E-state index >= 15 is 0 Å². The summed E-state index contributed by atoms with van der Waals surface area (Å²) < 4.78 is 7.80. The van der Waals surface area contributed by atoms with Crippen LogP contribution in [-0.2, 0) is 0 Å². The van der Waals surface area contributed by atoms with Gasteiger partial charge in [0.1, 0.15) is 11.2 Å². The number of benzene rings is 7. The molecule has 10 rings (SSSR count). The number of aryl methyl sites for hydroxylation is 1. The lowest BCUT2D eigenvalue weighted by atomic mass is 9.98. The molecule has 0 saturated heterocycles. The highest BCUT2D eigenvalue weighted by atomic mass is 32.1. The van der Waals surface area contributed by atoms with E-state index in [4.69, 9.17) is 24.4 Å². The van der Waals surface area contributed by atoms with Crippen LogP contribution in [0.3, 0.4) is 0 Å². The van der Waals surface area contributed by atoms with Crippen LogP contribution < -0.4 is 0 Å². The van der Waals surface area contributed by atoms with Gasteiger partial charge in [0.25, 0.3) is 0 Å². The minimum absolute atomic E-state index is 0.579. The van der Waals surface area contributed by atoms with Gasteiger partial charge in [-0.05, 0) is 59.3 Å². The van der Waals surface area contributed by atoms with Crippen molar-refractivity contribution in [2.45, 2.75) is 6.92 Å². The van der Waals surface area contributed by atoms with Crippen LogP contribution >= 0.6 is 11.3 Å². The average Bonchev–Trinajstić information content (AvgIpc) is 3.83. The van der Waals surface area contributed by atoms with Gasteiger partial charge in [-0.1, -0.05) is 152 Å². The first-order valence-corrected chi connectivity index (χ1v) is 19.6. The third kappa shape index (κ3) is 6.42. The summed E-state index contributed by atoms with van der Waals surface area (Å²) in [4.78, 5) is 21.4. The number of thiophene rings is 1. The van der Waals surface area contributed by atoms with Crippen LogP contribution in [0, 0.1) is 6.92 Å². The SMILES string of the molecule is C=C(N=C(c1cccc(-c2ccccc2)c1)c1sc2ccccc2c1C)c1ccc2c(c1)oc1cccc(-c3nc(-c4ccccc4)nc(-c4ccccc4)n3)c12. The molecule has 0 radical (unpaired) electrons. The fourth-order valence-electron chi connectivity index (χ4n) is 7.44. The summed E-state index contributed by atoms with van der Waals surface area (Å²) in [5.41, 5.74) is 11.1. The zero-order chi connectivity index (χ0) is 38.3. The van der Waals surface area contributed by atoms with Crippen LogP contribution in [0.5, 0.6) is 0 Å². The maximum Gasteiger partial charge on any atom is 0.164 e. The van der Waals surface area contributed by atoms with Gasteiger partial charge in [-0.3, -0.25) is 0 Å². The fourth-order valence-corrected chi connectivity index (χ4v) is 8.66. The molecule has 0 aliphatic heterocycles. The maximum absolute atomic E-state index is 6.57. The van der Waals surface area contributed by atoms with E-state index in [1.807, 2.05) is 84.9 Å². The second-order valence-corrected chi connectivity index (χ2v) is 15.0. The number of fused-ring (bicyclic) bond motifs is 4. The van der Waals surface area contributed by atoms with Crippen molar-refractivity contribution < 1.29 is 4.42 Å². The van der Waals surface area contributed by atoms with E-state index in [0.717, 1.165) is 71.5 Å². The van der Waals surface area contributed by atoms with E-state index in [1.165, 1.54) is 15.6 Å². The van der Waals surface area contributed by atoms with Crippen molar-refractivity contribution in [3.05, 3.63) is 204 Å². The Morgan fingerprint density at radius 1 is 0.526 bits per heavy atom. The van der Waals surface area contributed by atoms with Crippen molar-refractivity contribution in [2.24, 2.45) is 4.99 Å². The van der Waals surface area contributed by atoms with Crippen LogP contribution in [0.25, 0.3) is 83.0 Å². The molecule has 0 amide bonds. The molecule has 0 saturated carbocycles. The predicted molar refractivity (Wildman–Crippen MR) is 237 cm³/mol. The van der Waals surface area contributed by atoms with Crippen molar-refractivity contribution in [3.8, 4) is 45.3 Å². The molecule has 7 aromatic carbocycles. The molecule has 0 unspecified atom stereocenters. The third-order valence-electron chi connectivity index (χ3n) is 10.3. The molecule has 0 bridgehead atoms. The molecule has 0 fully saturated rings. The highest BCUT2D eigenvalue weighted by molar-refractivity contribution is 7.21. The summed E-state index contributed by atoms with van der Waals surface area (Å²) in [5.74, 6) is 1.80. The summed E-state index contributed by atoms with van der Waals surface area (Å²) >= 11 is 1.76. The summed E-state index contributed by atoms with van der Waals surface area (Å²) in [7, 11) is 0. The zero-order valence-corrected chi connectivity index (χ0v) is 31.9. The minimum atomic E-state index is 0.579. The van der Waals surface area contributed by atoms with Gasteiger partial charge < -0.3 is 4.42 Å². The highest BCUT2D eigenvalue weighted by Gasteiger charge is 2.20. The largest absolute Gasteiger partial charge is 0.456 e. The normalized spacial score (nSPS) is 11.8. The van der Waals surface area contributed by atoms with Gasteiger partial charge in [0.15, 0.2) is 17.5 Å². The van der Waals surface area contributed by atoms with E-state index in [2.05, 4.69) is 104 Å². The Morgan fingerprint density at radius 3 is 1.84 bits per heavy atom. The lowest BCUT2D eigenvalue weighted by Gasteiger charge is -2.11. The smallest absolute Gasteiger partial charge is 0.164 e. The summed E-state index contributed by atoms with van der Waals surface area (Å²) in [6, 6.07) is 59.9. The number of hydrogen-bond acceptors (Lipinski definition) is 6. The molecule has 5 nitrogen and oxygen atoms in total. The molecule has 0 spiro atoms. The Kier molecular flexibility index (Phi) is 8.66. The molecule has 10 aromatic rings. The van der Waals surface area contributed by atoms with Crippen LogP contribution in [0.2, 0.25) is 0 Å². The molecule has 0 aliphatic rings. The van der Waals surface area contributed by atoms with Crippen molar-refractivity contribution in [3.63, 3.8) is 0 Å². The quantitative estimate of drug-likeness (QED) is 0.145. The molecular formula is C51H34N4OS. The van der Waals surface area contributed by atoms with Crippen molar-refractivity contribution >= 4 is 54.8 Å². The first kappa shape index (κ1) is 34.2. The van der Waals surface area contributed by atoms with Crippen LogP contribution in [0.4, 0.5) is 0 Å². The first-order valence-electron chi connectivity index (χ1n) is 18.8. The molecule has 0 N–H and O–H groups in total. The molecule has 0 aliphatic carbocycles. The topological polar surface area (TPSA) is 64.2 Å². The Balaban J connectivity index is 1.09. The molecule has 57 heavy (non-hydrogen) atoms. The van der Waals surface area contributed by atoms with Gasteiger partial charge in [0.05, 0.1) is 16.3 Å². The minimum Gasteiger partial charge on any atom is -0.456 e. The predicted octanol–water partition coefficient (Wildman–Crippen LogP) is 13.5. The number of hydrogen-bond donors (Lipinski definition) is 0. The standard InChI is InChI=1S/C51H34N4OS/c1-32-40-24-12-13-27-45(40)57-48(32)47(39-23-14-22-38(30-39)34-16-6-3-7-17-34)52-33(2)37-28-29-41-44(31-37)56-43-26-15-25-42(46(41)43)51-54-49(35-18-8-4-9-19-35)53-50(55-51)36-20-10-5-11-21-36/h3-31H,2H2,1H3. The molecule has 3 aromatic heterocycles. The monoisotopic (exact) mass is 750 g/mol.